The number of nitrogens with zero attached hydrogens (tertiary/aromatic N) is 1. The topological polar surface area (TPSA) is 17.0 Å². The Bertz CT molecular complexity index is 238. The van der Waals surface area contributed by atoms with Crippen LogP contribution < -0.4 is 5.32 Å². The fourth-order valence-corrected chi connectivity index (χ4v) is 1.77. The molecule has 0 radical (unpaired) electrons. The standard InChI is InChI=1S/C9H14N2.ClH/c1-11-7-3-5-9(11)8-4-2-6-10-8;/h3,5,7-8,10H,2,4,6H2,1H3;1H/t8-;/m0./s1. The van der Waals surface area contributed by atoms with Gasteiger partial charge in [-0.05, 0) is 31.5 Å². The second-order valence-corrected chi connectivity index (χ2v) is 3.19. The Labute approximate surface area is 79.4 Å². The molecule has 0 aliphatic carbocycles. The maximum Gasteiger partial charge on any atom is 0.0475 e. The van der Waals surface area contributed by atoms with Crippen molar-refractivity contribution in [2.45, 2.75) is 18.9 Å². The molecule has 1 aliphatic heterocycles. The molecule has 1 aromatic heterocycles. The Morgan fingerprint density at radius 3 is 2.92 bits per heavy atom. The predicted molar refractivity (Wildman–Crippen MR) is 52.6 cm³/mol. The zero-order valence-corrected chi connectivity index (χ0v) is 8.10. The van der Waals surface area contributed by atoms with E-state index in [1.807, 2.05) is 0 Å². The van der Waals surface area contributed by atoms with Gasteiger partial charge in [0.15, 0.2) is 0 Å². The van der Waals surface area contributed by atoms with Crippen LogP contribution in [0.3, 0.4) is 0 Å². The smallest absolute Gasteiger partial charge is 0.0475 e. The van der Waals surface area contributed by atoms with E-state index in [0.717, 1.165) is 0 Å². The second-order valence-electron chi connectivity index (χ2n) is 3.19. The van der Waals surface area contributed by atoms with Crippen molar-refractivity contribution >= 4 is 12.4 Å². The van der Waals surface area contributed by atoms with Crippen LogP contribution in [-0.4, -0.2) is 11.1 Å². The quantitative estimate of drug-likeness (QED) is 0.709. The van der Waals surface area contributed by atoms with Gasteiger partial charge in [0.2, 0.25) is 0 Å². The van der Waals surface area contributed by atoms with E-state index in [4.69, 9.17) is 0 Å². The fraction of sp³-hybridized carbons (Fsp3) is 0.556. The van der Waals surface area contributed by atoms with E-state index >= 15 is 0 Å². The van der Waals surface area contributed by atoms with Crippen LogP contribution in [0.1, 0.15) is 24.6 Å². The molecule has 1 aromatic rings. The first-order valence-corrected chi connectivity index (χ1v) is 4.22. The fourth-order valence-electron chi connectivity index (χ4n) is 1.77. The van der Waals surface area contributed by atoms with Crippen LogP contribution in [0.2, 0.25) is 0 Å². The highest BCUT2D eigenvalue weighted by molar-refractivity contribution is 5.85. The van der Waals surface area contributed by atoms with Gasteiger partial charge in [0, 0.05) is 25.0 Å². The van der Waals surface area contributed by atoms with Crippen molar-refractivity contribution in [2.75, 3.05) is 6.54 Å². The molecule has 0 saturated carbocycles. The zero-order chi connectivity index (χ0) is 7.68. The van der Waals surface area contributed by atoms with Gasteiger partial charge in [-0.2, -0.15) is 0 Å². The maximum absolute atomic E-state index is 3.48. The lowest BCUT2D eigenvalue weighted by atomic mass is 10.2. The summed E-state index contributed by atoms with van der Waals surface area (Å²) in [5, 5.41) is 3.48. The number of hydrogen-bond acceptors (Lipinski definition) is 1. The Morgan fingerprint density at radius 2 is 2.42 bits per heavy atom. The molecular weight excluding hydrogens is 172 g/mol. The van der Waals surface area contributed by atoms with Gasteiger partial charge in [-0.3, -0.25) is 0 Å². The molecule has 1 N–H and O–H groups in total. The van der Waals surface area contributed by atoms with Crippen LogP contribution in [-0.2, 0) is 7.05 Å². The van der Waals surface area contributed by atoms with Gasteiger partial charge in [0.1, 0.15) is 0 Å². The first-order valence-electron chi connectivity index (χ1n) is 4.22. The molecule has 0 spiro atoms. The monoisotopic (exact) mass is 186 g/mol. The van der Waals surface area contributed by atoms with Crippen LogP contribution >= 0.6 is 12.4 Å². The number of rotatable bonds is 1. The van der Waals surface area contributed by atoms with E-state index in [9.17, 15) is 0 Å². The molecule has 0 unspecified atom stereocenters. The molecule has 1 aliphatic rings. The highest BCUT2D eigenvalue weighted by Crippen LogP contribution is 2.22. The minimum atomic E-state index is 0. The van der Waals surface area contributed by atoms with E-state index in [-0.39, 0.29) is 12.4 Å². The summed E-state index contributed by atoms with van der Waals surface area (Å²) in [6, 6.07) is 4.91. The third-order valence-corrected chi connectivity index (χ3v) is 2.40. The van der Waals surface area contributed by atoms with Gasteiger partial charge in [-0.1, -0.05) is 0 Å². The first kappa shape index (κ1) is 9.62. The summed E-state index contributed by atoms with van der Waals surface area (Å²) in [7, 11) is 2.11. The minimum Gasteiger partial charge on any atom is -0.353 e. The molecule has 0 bridgehead atoms. The number of nitrogens with one attached hydrogen (secondary N) is 1. The first-order chi connectivity index (χ1) is 5.38. The summed E-state index contributed by atoms with van der Waals surface area (Å²) in [6.07, 6.45) is 4.71. The Morgan fingerprint density at radius 1 is 1.58 bits per heavy atom. The van der Waals surface area contributed by atoms with Gasteiger partial charge in [-0.25, -0.2) is 0 Å². The largest absolute Gasteiger partial charge is 0.353 e. The van der Waals surface area contributed by atoms with Crippen molar-refractivity contribution in [3.63, 3.8) is 0 Å². The van der Waals surface area contributed by atoms with E-state index in [2.05, 4.69) is 35.3 Å². The highest BCUT2D eigenvalue weighted by atomic mass is 35.5. The summed E-state index contributed by atoms with van der Waals surface area (Å²) >= 11 is 0. The van der Waals surface area contributed by atoms with Crippen LogP contribution in [0.5, 0.6) is 0 Å². The zero-order valence-electron chi connectivity index (χ0n) is 7.29. The maximum atomic E-state index is 3.48. The number of halogens is 1. The van der Waals surface area contributed by atoms with E-state index in [0.29, 0.717) is 6.04 Å². The third kappa shape index (κ3) is 1.65. The van der Waals surface area contributed by atoms with E-state index < -0.39 is 0 Å². The molecule has 2 heterocycles. The summed E-state index contributed by atoms with van der Waals surface area (Å²) in [6.45, 7) is 1.18. The third-order valence-electron chi connectivity index (χ3n) is 2.40. The number of aromatic nitrogens is 1. The van der Waals surface area contributed by atoms with Crippen molar-refractivity contribution in [1.82, 2.24) is 9.88 Å². The van der Waals surface area contributed by atoms with Gasteiger partial charge in [0.25, 0.3) is 0 Å². The molecule has 3 heteroatoms. The molecule has 2 rings (SSSR count). The lowest BCUT2D eigenvalue weighted by molar-refractivity contribution is 0.599. The van der Waals surface area contributed by atoms with Crippen LogP contribution in [0, 0.1) is 0 Å². The van der Waals surface area contributed by atoms with Gasteiger partial charge >= 0.3 is 0 Å². The molecule has 0 amide bonds. The number of aryl methyl sites for hydroxylation is 1. The number of hydrogen-bond donors (Lipinski definition) is 1. The summed E-state index contributed by atoms with van der Waals surface area (Å²) in [5.41, 5.74) is 1.42. The SMILES string of the molecule is Cl.Cn1cccc1[C@@H]1CCCN1. The second kappa shape index (κ2) is 3.97. The molecule has 2 nitrogen and oxygen atoms in total. The lowest BCUT2D eigenvalue weighted by Crippen LogP contribution is -2.15. The summed E-state index contributed by atoms with van der Waals surface area (Å²) in [4.78, 5) is 0. The van der Waals surface area contributed by atoms with Crippen LogP contribution in [0.4, 0.5) is 0 Å². The average molecular weight is 187 g/mol. The van der Waals surface area contributed by atoms with E-state index in [1.165, 1.54) is 25.1 Å². The molecule has 0 aromatic carbocycles. The Kier molecular flexibility index (Phi) is 3.18. The van der Waals surface area contributed by atoms with Crippen molar-refractivity contribution in [1.29, 1.82) is 0 Å². The van der Waals surface area contributed by atoms with Crippen molar-refractivity contribution in [3.8, 4) is 0 Å². The normalized spacial score (nSPS) is 22.2. The Hall–Kier alpha value is -0.470. The molecule has 12 heavy (non-hydrogen) atoms. The molecule has 1 atom stereocenters. The van der Waals surface area contributed by atoms with Crippen molar-refractivity contribution in [2.24, 2.45) is 7.05 Å². The minimum absolute atomic E-state index is 0. The molecular formula is C9H15ClN2. The molecule has 1 saturated heterocycles. The van der Waals surface area contributed by atoms with Crippen molar-refractivity contribution in [3.05, 3.63) is 24.0 Å². The van der Waals surface area contributed by atoms with Gasteiger partial charge in [-0.15, -0.1) is 12.4 Å². The average Bonchev–Trinajstić information content (AvgIpc) is 2.55. The molecule has 68 valence electrons. The van der Waals surface area contributed by atoms with Crippen LogP contribution in [0.25, 0.3) is 0 Å². The lowest BCUT2D eigenvalue weighted by Gasteiger charge is -2.10. The van der Waals surface area contributed by atoms with Crippen LogP contribution in [0.15, 0.2) is 18.3 Å². The Balaban J connectivity index is 0.000000720. The van der Waals surface area contributed by atoms with E-state index in [1.54, 1.807) is 0 Å². The van der Waals surface area contributed by atoms with Gasteiger partial charge < -0.3 is 9.88 Å². The van der Waals surface area contributed by atoms with Crippen molar-refractivity contribution < 1.29 is 0 Å². The summed E-state index contributed by atoms with van der Waals surface area (Å²) < 4.78 is 2.20. The molecule has 1 fully saturated rings. The summed E-state index contributed by atoms with van der Waals surface area (Å²) in [5.74, 6) is 0. The van der Waals surface area contributed by atoms with Gasteiger partial charge in [0.05, 0.1) is 0 Å². The highest BCUT2D eigenvalue weighted by Gasteiger charge is 2.17. The predicted octanol–water partition coefficient (Wildman–Crippen LogP) is 1.87.